The second kappa shape index (κ2) is 7.07. The Morgan fingerprint density at radius 1 is 1.30 bits per heavy atom. The van der Waals surface area contributed by atoms with Gasteiger partial charge in [0.25, 0.3) is 0 Å². The molecule has 2 N–H and O–H groups in total. The topological polar surface area (TPSA) is 44.7 Å². The highest BCUT2D eigenvalue weighted by Crippen LogP contribution is 2.31. The molecule has 4 heteroatoms. The van der Waals surface area contributed by atoms with Gasteiger partial charge in [0.1, 0.15) is 5.75 Å². The van der Waals surface area contributed by atoms with Crippen molar-refractivity contribution >= 4 is 0 Å². The standard InChI is InChI=1S/C16H26N2O2/c1-4-20-16-13(3)9-12(2)10-14(16)15(19)11-18-7-5-17-6-8-18/h9-10,15,17,19H,4-8,11H2,1-3H3. The number of rotatable bonds is 5. The Bertz CT molecular complexity index is 442. The molecule has 1 heterocycles. The van der Waals surface area contributed by atoms with Gasteiger partial charge in [-0.1, -0.05) is 11.6 Å². The Labute approximate surface area is 121 Å². The maximum atomic E-state index is 10.6. The minimum absolute atomic E-state index is 0.492. The zero-order valence-corrected chi connectivity index (χ0v) is 12.8. The minimum Gasteiger partial charge on any atom is -0.493 e. The highest BCUT2D eigenvalue weighted by atomic mass is 16.5. The molecule has 0 spiro atoms. The van der Waals surface area contributed by atoms with Crippen molar-refractivity contribution in [3.63, 3.8) is 0 Å². The van der Waals surface area contributed by atoms with Crippen LogP contribution in [0.3, 0.4) is 0 Å². The lowest BCUT2D eigenvalue weighted by Crippen LogP contribution is -2.45. The van der Waals surface area contributed by atoms with Gasteiger partial charge in [-0.15, -0.1) is 0 Å². The predicted molar refractivity (Wildman–Crippen MR) is 81.4 cm³/mol. The number of aliphatic hydroxyl groups is 1. The largest absolute Gasteiger partial charge is 0.493 e. The number of aliphatic hydroxyl groups excluding tert-OH is 1. The smallest absolute Gasteiger partial charge is 0.128 e. The first-order valence-corrected chi connectivity index (χ1v) is 7.47. The summed E-state index contributed by atoms with van der Waals surface area (Å²) in [5.41, 5.74) is 3.18. The van der Waals surface area contributed by atoms with E-state index in [0.717, 1.165) is 43.1 Å². The third kappa shape index (κ3) is 3.72. The molecule has 1 saturated heterocycles. The minimum atomic E-state index is -0.492. The fourth-order valence-corrected chi connectivity index (χ4v) is 2.81. The molecular formula is C16H26N2O2. The van der Waals surface area contributed by atoms with Gasteiger partial charge < -0.3 is 15.2 Å². The number of ether oxygens (including phenoxy) is 1. The molecule has 1 aliphatic rings. The highest BCUT2D eigenvalue weighted by molar-refractivity contribution is 5.45. The van der Waals surface area contributed by atoms with Crippen LogP contribution in [-0.2, 0) is 0 Å². The van der Waals surface area contributed by atoms with Crippen molar-refractivity contribution in [2.75, 3.05) is 39.3 Å². The van der Waals surface area contributed by atoms with Crippen LogP contribution in [0.5, 0.6) is 5.75 Å². The number of hydrogen-bond acceptors (Lipinski definition) is 4. The van der Waals surface area contributed by atoms with Crippen LogP contribution in [0.15, 0.2) is 12.1 Å². The van der Waals surface area contributed by atoms with Gasteiger partial charge in [0.2, 0.25) is 0 Å². The summed E-state index contributed by atoms with van der Waals surface area (Å²) < 4.78 is 5.74. The maximum absolute atomic E-state index is 10.6. The quantitative estimate of drug-likeness (QED) is 0.859. The van der Waals surface area contributed by atoms with E-state index in [9.17, 15) is 5.11 Å². The molecule has 2 rings (SSSR count). The zero-order valence-electron chi connectivity index (χ0n) is 12.8. The van der Waals surface area contributed by atoms with Crippen LogP contribution in [0, 0.1) is 13.8 Å². The number of hydrogen-bond donors (Lipinski definition) is 2. The summed E-state index contributed by atoms with van der Waals surface area (Å²) in [5.74, 6) is 0.848. The van der Waals surface area contributed by atoms with Crippen molar-refractivity contribution in [3.05, 3.63) is 28.8 Å². The molecule has 1 aromatic rings. The molecule has 0 bridgehead atoms. The second-order valence-electron chi connectivity index (χ2n) is 5.50. The number of aryl methyl sites for hydroxylation is 2. The molecule has 4 nitrogen and oxygen atoms in total. The molecule has 0 radical (unpaired) electrons. The average molecular weight is 278 g/mol. The van der Waals surface area contributed by atoms with E-state index < -0.39 is 6.10 Å². The van der Waals surface area contributed by atoms with Crippen LogP contribution in [0.4, 0.5) is 0 Å². The third-order valence-electron chi connectivity index (χ3n) is 3.74. The van der Waals surface area contributed by atoms with Crippen molar-refractivity contribution in [2.45, 2.75) is 26.9 Å². The average Bonchev–Trinajstić information content (AvgIpc) is 2.42. The van der Waals surface area contributed by atoms with E-state index >= 15 is 0 Å². The molecular weight excluding hydrogens is 252 g/mol. The Balaban J connectivity index is 2.16. The number of nitrogens with one attached hydrogen (secondary N) is 1. The van der Waals surface area contributed by atoms with Crippen LogP contribution >= 0.6 is 0 Å². The monoisotopic (exact) mass is 278 g/mol. The fourth-order valence-electron chi connectivity index (χ4n) is 2.81. The summed E-state index contributed by atoms with van der Waals surface area (Å²) in [4.78, 5) is 2.30. The summed E-state index contributed by atoms with van der Waals surface area (Å²) in [5, 5.41) is 13.9. The summed E-state index contributed by atoms with van der Waals surface area (Å²) in [6.07, 6.45) is -0.492. The Morgan fingerprint density at radius 2 is 2.00 bits per heavy atom. The first-order valence-electron chi connectivity index (χ1n) is 7.47. The molecule has 0 aliphatic carbocycles. The summed E-state index contributed by atoms with van der Waals surface area (Å²) in [6.45, 7) is 11.4. The first-order chi connectivity index (χ1) is 9.61. The SMILES string of the molecule is CCOc1c(C)cc(C)cc1C(O)CN1CCNCC1. The van der Waals surface area contributed by atoms with Gasteiger partial charge in [0.15, 0.2) is 0 Å². The molecule has 1 atom stereocenters. The fraction of sp³-hybridized carbons (Fsp3) is 0.625. The van der Waals surface area contributed by atoms with Gasteiger partial charge in [-0.2, -0.15) is 0 Å². The lowest BCUT2D eigenvalue weighted by molar-refractivity contribution is 0.103. The van der Waals surface area contributed by atoms with E-state index in [-0.39, 0.29) is 0 Å². The normalized spacial score (nSPS) is 18.0. The molecule has 112 valence electrons. The molecule has 0 saturated carbocycles. The molecule has 1 aliphatic heterocycles. The van der Waals surface area contributed by atoms with Gasteiger partial charge in [-0.3, -0.25) is 4.90 Å². The van der Waals surface area contributed by atoms with Crippen molar-refractivity contribution < 1.29 is 9.84 Å². The third-order valence-corrected chi connectivity index (χ3v) is 3.74. The second-order valence-corrected chi connectivity index (χ2v) is 5.50. The van der Waals surface area contributed by atoms with Gasteiger partial charge in [-0.05, 0) is 32.4 Å². The maximum Gasteiger partial charge on any atom is 0.128 e. The molecule has 1 fully saturated rings. The van der Waals surface area contributed by atoms with E-state index in [1.54, 1.807) is 0 Å². The molecule has 20 heavy (non-hydrogen) atoms. The predicted octanol–water partition coefficient (Wildman–Crippen LogP) is 1.64. The van der Waals surface area contributed by atoms with Gasteiger partial charge in [-0.25, -0.2) is 0 Å². The van der Waals surface area contributed by atoms with E-state index in [1.165, 1.54) is 5.56 Å². The number of piperazine rings is 1. The van der Waals surface area contributed by atoms with Gasteiger partial charge in [0, 0.05) is 38.3 Å². The lowest BCUT2D eigenvalue weighted by atomic mass is 10.0. The highest BCUT2D eigenvalue weighted by Gasteiger charge is 2.20. The van der Waals surface area contributed by atoms with Gasteiger partial charge in [0.05, 0.1) is 12.7 Å². The van der Waals surface area contributed by atoms with Crippen molar-refractivity contribution in [2.24, 2.45) is 0 Å². The summed E-state index contributed by atoms with van der Waals surface area (Å²) in [6, 6.07) is 4.15. The molecule has 0 amide bonds. The van der Waals surface area contributed by atoms with Gasteiger partial charge >= 0.3 is 0 Å². The van der Waals surface area contributed by atoms with Crippen molar-refractivity contribution in [3.8, 4) is 5.75 Å². The van der Waals surface area contributed by atoms with Crippen molar-refractivity contribution in [1.82, 2.24) is 10.2 Å². The summed E-state index contributed by atoms with van der Waals surface area (Å²) in [7, 11) is 0. The Morgan fingerprint density at radius 3 is 2.65 bits per heavy atom. The first kappa shape index (κ1) is 15.3. The van der Waals surface area contributed by atoms with Crippen molar-refractivity contribution in [1.29, 1.82) is 0 Å². The van der Waals surface area contributed by atoms with Crippen LogP contribution in [-0.4, -0.2) is 49.3 Å². The lowest BCUT2D eigenvalue weighted by Gasteiger charge is -2.30. The Hall–Kier alpha value is -1.10. The number of benzene rings is 1. The molecule has 0 aromatic heterocycles. The van der Waals surface area contributed by atoms with Crippen LogP contribution in [0.2, 0.25) is 0 Å². The van der Waals surface area contributed by atoms with E-state index in [1.807, 2.05) is 19.9 Å². The van der Waals surface area contributed by atoms with E-state index in [2.05, 4.69) is 23.2 Å². The van der Waals surface area contributed by atoms with E-state index in [4.69, 9.17) is 4.74 Å². The molecule has 1 aromatic carbocycles. The van der Waals surface area contributed by atoms with Crippen LogP contribution < -0.4 is 10.1 Å². The van der Waals surface area contributed by atoms with E-state index in [0.29, 0.717) is 13.2 Å². The van der Waals surface area contributed by atoms with Crippen LogP contribution in [0.1, 0.15) is 29.7 Å². The Kier molecular flexibility index (Phi) is 5.40. The number of β-amino-alcohol motifs (C(OH)–C–C–N with tert-alkyl or cyclic N) is 1. The summed E-state index contributed by atoms with van der Waals surface area (Å²) >= 11 is 0. The zero-order chi connectivity index (χ0) is 14.5. The molecule has 1 unspecified atom stereocenters. The number of nitrogens with zero attached hydrogens (tertiary/aromatic N) is 1. The van der Waals surface area contributed by atoms with Crippen LogP contribution in [0.25, 0.3) is 0 Å².